The highest BCUT2D eigenvalue weighted by Gasteiger charge is 2.13. The Balaban J connectivity index is 3.05. The number of nitrogens with one attached hydrogen (secondary N) is 1. The van der Waals surface area contributed by atoms with Gasteiger partial charge in [-0.2, -0.15) is 0 Å². The number of rotatable bonds is 4. The summed E-state index contributed by atoms with van der Waals surface area (Å²) in [5.41, 5.74) is 0.599. The summed E-state index contributed by atoms with van der Waals surface area (Å²) in [5.74, 6) is 0.759. The Bertz CT molecular complexity index is 393. The molecule has 1 aromatic rings. The summed E-state index contributed by atoms with van der Waals surface area (Å²) in [7, 11) is 3.02. The van der Waals surface area contributed by atoms with Crippen molar-refractivity contribution in [2.45, 2.75) is 13.8 Å². The van der Waals surface area contributed by atoms with Gasteiger partial charge in [-0.15, -0.1) is 0 Å². The van der Waals surface area contributed by atoms with Crippen molar-refractivity contribution >= 4 is 23.2 Å². The smallest absolute Gasteiger partial charge is 0.226 e. The van der Waals surface area contributed by atoms with Crippen molar-refractivity contribution in [3.05, 3.63) is 17.2 Å². The molecule has 1 rings (SSSR count). The van der Waals surface area contributed by atoms with Crippen molar-refractivity contribution in [2.75, 3.05) is 19.5 Å². The molecule has 1 aromatic carbocycles. The molecule has 4 nitrogen and oxygen atoms in total. The van der Waals surface area contributed by atoms with E-state index < -0.39 is 0 Å². The first-order chi connectivity index (χ1) is 7.99. The minimum absolute atomic E-state index is 0.0728. The Morgan fingerprint density at radius 1 is 1.24 bits per heavy atom. The lowest BCUT2D eigenvalue weighted by atomic mass is 10.2. The normalized spacial score (nSPS) is 10.2. The quantitative estimate of drug-likeness (QED) is 0.902. The van der Waals surface area contributed by atoms with Crippen LogP contribution in [0.4, 0.5) is 5.69 Å². The van der Waals surface area contributed by atoms with E-state index in [1.165, 1.54) is 14.2 Å². The van der Waals surface area contributed by atoms with Crippen LogP contribution in [-0.4, -0.2) is 20.1 Å². The third kappa shape index (κ3) is 3.27. The summed E-state index contributed by atoms with van der Waals surface area (Å²) in [6.45, 7) is 3.64. The van der Waals surface area contributed by atoms with Crippen molar-refractivity contribution in [3.63, 3.8) is 0 Å². The van der Waals surface area contributed by atoms with E-state index >= 15 is 0 Å². The maximum Gasteiger partial charge on any atom is 0.226 e. The summed E-state index contributed by atoms with van der Waals surface area (Å²) in [4.78, 5) is 11.6. The minimum Gasteiger partial charge on any atom is -0.495 e. The molecule has 94 valence electrons. The predicted octanol–water partition coefficient (Wildman–Crippen LogP) is 2.95. The Kier molecular flexibility index (Phi) is 4.63. The Labute approximate surface area is 106 Å². The van der Waals surface area contributed by atoms with Crippen LogP contribution in [0.5, 0.6) is 11.5 Å². The van der Waals surface area contributed by atoms with E-state index in [4.69, 9.17) is 21.1 Å². The summed E-state index contributed by atoms with van der Waals surface area (Å²) < 4.78 is 10.2. The molecule has 0 unspecified atom stereocenters. The zero-order valence-corrected chi connectivity index (χ0v) is 11.1. The molecule has 0 heterocycles. The van der Waals surface area contributed by atoms with Crippen molar-refractivity contribution in [2.24, 2.45) is 5.92 Å². The van der Waals surface area contributed by atoms with Crippen molar-refractivity contribution in [1.29, 1.82) is 0 Å². The Hall–Kier alpha value is -1.42. The molecule has 17 heavy (non-hydrogen) atoms. The van der Waals surface area contributed by atoms with E-state index in [2.05, 4.69) is 5.32 Å². The van der Waals surface area contributed by atoms with Crippen LogP contribution in [0.25, 0.3) is 0 Å². The number of halogens is 1. The molecule has 0 fully saturated rings. The van der Waals surface area contributed by atoms with E-state index in [0.29, 0.717) is 22.2 Å². The number of ether oxygens (including phenoxy) is 2. The van der Waals surface area contributed by atoms with E-state index in [1.807, 2.05) is 13.8 Å². The monoisotopic (exact) mass is 257 g/mol. The van der Waals surface area contributed by atoms with Gasteiger partial charge in [-0.25, -0.2) is 0 Å². The molecular formula is C12H16ClNO3. The number of benzene rings is 1. The lowest BCUT2D eigenvalue weighted by Crippen LogP contribution is -2.17. The summed E-state index contributed by atoms with van der Waals surface area (Å²) in [6.07, 6.45) is 0. The highest BCUT2D eigenvalue weighted by Crippen LogP contribution is 2.37. The topological polar surface area (TPSA) is 47.6 Å². The fourth-order valence-corrected chi connectivity index (χ4v) is 1.49. The van der Waals surface area contributed by atoms with Crippen molar-refractivity contribution in [3.8, 4) is 11.5 Å². The Morgan fingerprint density at radius 3 is 2.06 bits per heavy atom. The zero-order chi connectivity index (χ0) is 13.0. The van der Waals surface area contributed by atoms with E-state index in [1.54, 1.807) is 12.1 Å². The molecule has 1 amide bonds. The maximum absolute atomic E-state index is 11.6. The first-order valence-electron chi connectivity index (χ1n) is 5.22. The lowest BCUT2D eigenvalue weighted by molar-refractivity contribution is -0.118. The molecule has 0 atom stereocenters. The fraction of sp³-hybridized carbons (Fsp3) is 0.417. The second-order valence-corrected chi connectivity index (χ2v) is 4.22. The summed E-state index contributed by atoms with van der Waals surface area (Å²) >= 11 is 6.02. The van der Waals surface area contributed by atoms with Crippen LogP contribution in [0.1, 0.15) is 13.8 Å². The van der Waals surface area contributed by atoms with Gasteiger partial charge in [0.05, 0.1) is 14.2 Å². The van der Waals surface area contributed by atoms with Gasteiger partial charge in [0, 0.05) is 23.7 Å². The third-order valence-electron chi connectivity index (χ3n) is 2.24. The number of hydrogen-bond donors (Lipinski definition) is 1. The molecule has 0 aliphatic rings. The largest absolute Gasteiger partial charge is 0.495 e. The number of carbonyl (C=O) groups is 1. The molecule has 5 heteroatoms. The van der Waals surface area contributed by atoms with Gasteiger partial charge in [0.25, 0.3) is 0 Å². The van der Waals surface area contributed by atoms with Crippen molar-refractivity contribution < 1.29 is 14.3 Å². The van der Waals surface area contributed by atoms with Gasteiger partial charge < -0.3 is 14.8 Å². The van der Waals surface area contributed by atoms with Gasteiger partial charge in [-0.05, 0) is 0 Å². The average Bonchev–Trinajstić information content (AvgIpc) is 2.30. The predicted molar refractivity (Wildman–Crippen MR) is 68.0 cm³/mol. The SMILES string of the molecule is COc1cc(NC(=O)C(C)C)cc(OC)c1Cl. The van der Waals surface area contributed by atoms with Crippen LogP contribution in [-0.2, 0) is 4.79 Å². The fourth-order valence-electron chi connectivity index (χ4n) is 1.23. The number of methoxy groups -OCH3 is 2. The molecule has 0 aliphatic carbocycles. The first kappa shape index (κ1) is 13.6. The third-order valence-corrected chi connectivity index (χ3v) is 2.61. The first-order valence-corrected chi connectivity index (χ1v) is 5.59. The maximum atomic E-state index is 11.6. The average molecular weight is 258 g/mol. The highest BCUT2D eigenvalue weighted by atomic mass is 35.5. The van der Waals surface area contributed by atoms with Gasteiger partial charge >= 0.3 is 0 Å². The molecule has 0 spiro atoms. The van der Waals surface area contributed by atoms with Crippen LogP contribution in [0.3, 0.4) is 0 Å². The van der Waals surface area contributed by atoms with Crippen LogP contribution < -0.4 is 14.8 Å². The van der Waals surface area contributed by atoms with Gasteiger partial charge in [0.15, 0.2) is 0 Å². The molecular weight excluding hydrogens is 242 g/mol. The molecule has 0 bridgehead atoms. The highest BCUT2D eigenvalue weighted by molar-refractivity contribution is 6.33. The lowest BCUT2D eigenvalue weighted by Gasteiger charge is -2.13. The van der Waals surface area contributed by atoms with E-state index in [0.717, 1.165) is 0 Å². The number of carbonyl (C=O) groups excluding carboxylic acids is 1. The van der Waals surface area contributed by atoms with Gasteiger partial charge in [0.2, 0.25) is 5.91 Å². The second kappa shape index (κ2) is 5.77. The summed E-state index contributed by atoms with van der Waals surface area (Å²) in [6, 6.07) is 3.32. The molecule has 0 radical (unpaired) electrons. The van der Waals surface area contributed by atoms with Gasteiger partial charge in [-0.3, -0.25) is 4.79 Å². The molecule has 1 N–H and O–H groups in total. The number of hydrogen-bond acceptors (Lipinski definition) is 3. The second-order valence-electron chi connectivity index (χ2n) is 3.84. The van der Waals surface area contributed by atoms with Gasteiger partial charge in [0.1, 0.15) is 16.5 Å². The Morgan fingerprint density at radius 2 is 1.71 bits per heavy atom. The molecule has 0 saturated heterocycles. The minimum atomic E-state index is -0.0948. The van der Waals surface area contributed by atoms with Crippen molar-refractivity contribution in [1.82, 2.24) is 0 Å². The standard InChI is InChI=1S/C12H16ClNO3/c1-7(2)12(15)14-8-5-9(16-3)11(13)10(6-8)17-4/h5-7H,1-4H3,(H,14,15). The van der Waals surface area contributed by atoms with E-state index in [-0.39, 0.29) is 11.8 Å². The molecule has 0 aliphatic heterocycles. The number of amides is 1. The molecule has 0 aromatic heterocycles. The number of anilines is 1. The van der Waals surface area contributed by atoms with Crippen LogP contribution in [0.2, 0.25) is 5.02 Å². The molecule has 0 saturated carbocycles. The zero-order valence-electron chi connectivity index (χ0n) is 10.3. The van der Waals surface area contributed by atoms with E-state index in [9.17, 15) is 4.79 Å². The van der Waals surface area contributed by atoms with Crippen LogP contribution in [0, 0.1) is 5.92 Å². The van der Waals surface area contributed by atoms with Crippen LogP contribution >= 0.6 is 11.6 Å². The van der Waals surface area contributed by atoms with Gasteiger partial charge in [-0.1, -0.05) is 25.4 Å². The summed E-state index contributed by atoms with van der Waals surface area (Å²) in [5, 5.41) is 3.15. The van der Waals surface area contributed by atoms with Crippen LogP contribution in [0.15, 0.2) is 12.1 Å².